The molecule has 310 valence electrons. The lowest BCUT2D eigenvalue weighted by Crippen LogP contribution is -2.58. The van der Waals surface area contributed by atoms with E-state index in [2.05, 4.69) is 10.3 Å². The second kappa shape index (κ2) is 17.8. The van der Waals surface area contributed by atoms with Crippen LogP contribution in [-0.4, -0.2) is 69.6 Å². The Morgan fingerprint density at radius 1 is 0.883 bits per heavy atom. The number of likely N-dealkylation sites (tertiary alicyclic amines) is 1. The van der Waals surface area contributed by atoms with Gasteiger partial charge in [-0.1, -0.05) is 65.7 Å². The van der Waals surface area contributed by atoms with E-state index in [-0.39, 0.29) is 38.1 Å². The summed E-state index contributed by atoms with van der Waals surface area (Å²) in [5.41, 5.74) is 8.32. The summed E-state index contributed by atoms with van der Waals surface area (Å²) in [5, 5.41) is 14.1. The quantitative estimate of drug-likeness (QED) is 0.143. The van der Waals surface area contributed by atoms with Crippen LogP contribution in [0.15, 0.2) is 91.1 Å². The molecule has 0 spiro atoms. The average Bonchev–Trinajstić information content (AvgIpc) is 3.26. The van der Waals surface area contributed by atoms with Crippen LogP contribution in [0, 0.1) is 13.8 Å². The Bertz CT molecular complexity index is 2400. The summed E-state index contributed by atoms with van der Waals surface area (Å²) in [6.07, 6.45) is 4.47. The predicted octanol–water partition coefficient (Wildman–Crippen LogP) is 8.91. The molecule has 8 rings (SSSR count). The molecule has 1 saturated heterocycles. The van der Waals surface area contributed by atoms with Crippen LogP contribution in [0.1, 0.15) is 64.4 Å². The van der Waals surface area contributed by atoms with E-state index in [9.17, 15) is 19.5 Å². The van der Waals surface area contributed by atoms with Gasteiger partial charge >= 0.3 is 12.0 Å². The fraction of sp³-hybridized carbons (Fsp3) is 0.319. The summed E-state index contributed by atoms with van der Waals surface area (Å²) < 4.78 is 18.7. The number of piperidine rings is 1. The molecule has 4 aromatic carbocycles. The lowest BCUT2D eigenvalue weighted by atomic mass is 9.92. The van der Waals surface area contributed by atoms with Crippen molar-refractivity contribution in [3.05, 3.63) is 140 Å². The minimum absolute atomic E-state index is 0.0768. The van der Waals surface area contributed by atoms with Crippen LogP contribution in [0.3, 0.4) is 0 Å². The number of aliphatic carboxylic acids is 1. The molecular formula is C47H46Cl2N4O7. The van der Waals surface area contributed by atoms with Crippen molar-refractivity contribution in [2.24, 2.45) is 0 Å². The van der Waals surface area contributed by atoms with Gasteiger partial charge in [0, 0.05) is 44.4 Å². The van der Waals surface area contributed by atoms with Gasteiger partial charge in [-0.05, 0) is 120 Å². The van der Waals surface area contributed by atoms with E-state index >= 15 is 0 Å². The number of nitrogens with one attached hydrogen (secondary N) is 1. The summed E-state index contributed by atoms with van der Waals surface area (Å²) in [7, 11) is 0. The van der Waals surface area contributed by atoms with Gasteiger partial charge in [-0.15, -0.1) is 0 Å². The van der Waals surface area contributed by atoms with Gasteiger partial charge < -0.3 is 34.4 Å². The Labute approximate surface area is 359 Å². The summed E-state index contributed by atoms with van der Waals surface area (Å²) in [5.74, 6) is 0.105. The van der Waals surface area contributed by atoms with Gasteiger partial charge in [0.15, 0.2) is 17.6 Å². The van der Waals surface area contributed by atoms with Crippen molar-refractivity contribution in [3.63, 3.8) is 0 Å². The number of carboxylic acids is 1. The smallest absolute Gasteiger partial charge is 0.326 e. The molecule has 3 aliphatic heterocycles. The van der Waals surface area contributed by atoms with E-state index in [1.54, 1.807) is 28.1 Å². The highest BCUT2D eigenvalue weighted by molar-refractivity contribution is 6.42. The third-order valence-corrected chi connectivity index (χ3v) is 12.4. The third kappa shape index (κ3) is 9.02. The predicted molar refractivity (Wildman–Crippen MR) is 229 cm³/mol. The lowest BCUT2D eigenvalue weighted by Gasteiger charge is -2.41. The van der Waals surface area contributed by atoms with Crippen LogP contribution in [0.25, 0.3) is 11.1 Å². The largest absolute Gasteiger partial charge is 0.489 e. The van der Waals surface area contributed by atoms with Crippen molar-refractivity contribution >= 4 is 41.1 Å². The summed E-state index contributed by atoms with van der Waals surface area (Å²) >= 11 is 12.2. The number of aromatic nitrogens is 1. The molecule has 5 aromatic rings. The molecule has 4 heterocycles. The number of benzene rings is 4. The highest BCUT2D eigenvalue weighted by Gasteiger charge is 2.39. The number of rotatable bonds is 10. The van der Waals surface area contributed by atoms with Gasteiger partial charge in [-0.3, -0.25) is 9.78 Å². The molecule has 0 bridgehead atoms. The average molecular weight is 850 g/mol. The van der Waals surface area contributed by atoms with Crippen LogP contribution in [-0.2, 0) is 35.6 Å². The molecule has 3 aliphatic rings. The topological polar surface area (TPSA) is 131 Å². The maximum absolute atomic E-state index is 14.2. The number of amides is 3. The summed E-state index contributed by atoms with van der Waals surface area (Å²) in [6, 6.07) is 24.1. The number of ether oxygens (including phenoxy) is 3. The molecule has 11 nitrogen and oxygen atoms in total. The van der Waals surface area contributed by atoms with Crippen molar-refractivity contribution < 1.29 is 33.7 Å². The fourth-order valence-corrected chi connectivity index (χ4v) is 8.39. The summed E-state index contributed by atoms with van der Waals surface area (Å²) in [6.45, 7) is 5.95. The standard InChI is InChI=1S/C47H46Cl2N4O7/c1-28-29(2)50-17-16-37(28)32-9-6-30(7-10-32)21-40(46(55)56)51-45(54)41-22-34-23-42-43(24-35(34)25-53(41)47(57)52-18-4-3-5-19-52)60-44(27-59-42)33-11-13-36(14-12-33)58-26-31-8-15-38(48)39(49)20-31/h6-17,20,23-24,40-41,44H,3-5,18-19,21-22,25-27H2,1-2H3,(H,51,54)(H,55,56)/t40?,41-,44+/m0/s1. The fourth-order valence-electron chi connectivity index (χ4n) is 8.07. The number of hydrogen-bond acceptors (Lipinski definition) is 7. The first-order valence-corrected chi connectivity index (χ1v) is 21.0. The number of aryl methyl sites for hydroxylation is 1. The monoisotopic (exact) mass is 848 g/mol. The van der Waals surface area contributed by atoms with Crippen molar-refractivity contribution in [2.75, 3.05) is 19.7 Å². The van der Waals surface area contributed by atoms with Crippen LogP contribution >= 0.6 is 23.2 Å². The van der Waals surface area contributed by atoms with Gasteiger partial charge in [0.25, 0.3) is 0 Å². The van der Waals surface area contributed by atoms with Crippen molar-refractivity contribution in [1.29, 1.82) is 0 Å². The number of nitrogens with zero attached hydrogens (tertiary/aromatic N) is 3. The van der Waals surface area contributed by atoms with Gasteiger partial charge in [-0.25, -0.2) is 9.59 Å². The number of carboxylic acid groups (broad SMARTS) is 1. The van der Waals surface area contributed by atoms with E-state index in [4.69, 9.17) is 37.4 Å². The molecule has 0 radical (unpaired) electrons. The van der Waals surface area contributed by atoms with Crippen LogP contribution in [0.2, 0.25) is 10.0 Å². The van der Waals surface area contributed by atoms with Crippen molar-refractivity contribution in [2.45, 2.75) is 77.3 Å². The number of carbonyl (C=O) groups excluding carboxylic acids is 2. The first kappa shape index (κ1) is 41.0. The molecule has 1 aromatic heterocycles. The zero-order valence-corrected chi connectivity index (χ0v) is 35.0. The first-order valence-electron chi connectivity index (χ1n) is 20.2. The minimum Gasteiger partial charge on any atom is -0.489 e. The van der Waals surface area contributed by atoms with E-state index in [0.29, 0.717) is 47.0 Å². The lowest BCUT2D eigenvalue weighted by molar-refractivity contribution is -0.142. The molecule has 60 heavy (non-hydrogen) atoms. The number of halogens is 2. The van der Waals surface area contributed by atoms with Gasteiger partial charge in [-0.2, -0.15) is 0 Å². The molecule has 3 amide bonds. The number of urea groups is 1. The molecule has 3 atom stereocenters. The maximum Gasteiger partial charge on any atom is 0.326 e. The molecule has 2 N–H and O–H groups in total. The first-order chi connectivity index (χ1) is 29.0. The highest BCUT2D eigenvalue weighted by atomic mass is 35.5. The van der Waals surface area contributed by atoms with E-state index < -0.39 is 24.0 Å². The Morgan fingerprint density at radius 3 is 2.35 bits per heavy atom. The van der Waals surface area contributed by atoms with Crippen LogP contribution in [0.4, 0.5) is 4.79 Å². The normalized spacial score (nSPS) is 17.7. The molecule has 13 heteroatoms. The number of carbonyl (C=O) groups is 3. The van der Waals surface area contributed by atoms with E-state index in [1.807, 2.05) is 86.6 Å². The maximum atomic E-state index is 14.2. The Hall–Kier alpha value is -5.78. The second-order valence-electron chi connectivity index (χ2n) is 15.6. The Kier molecular flexibility index (Phi) is 12.2. The molecule has 1 unspecified atom stereocenters. The summed E-state index contributed by atoms with van der Waals surface area (Å²) in [4.78, 5) is 48.7. The molecule has 1 fully saturated rings. The molecule has 0 saturated carbocycles. The third-order valence-electron chi connectivity index (χ3n) is 11.6. The number of pyridine rings is 1. The second-order valence-corrected chi connectivity index (χ2v) is 16.5. The van der Waals surface area contributed by atoms with Gasteiger partial charge in [0.2, 0.25) is 5.91 Å². The molecule has 0 aliphatic carbocycles. The minimum atomic E-state index is -1.21. The molecular weight excluding hydrogens is 803 g/mol. The van der Waals surface area contributed by atoms with Gasteiger partial charge in [0.05, 0.1) is 10.0 Å². The zero-order valence-electron chi connectivity index (χ0n) is 33.5. The highest BCUT2D eigenvalue weighted by Crippen LogP contribution is 2.41. The number of fused-ring (bicyclic) bond motifs is 2. The van der Waals surface area contributed by atoms with E-state index in [1.165, 1.54) is 0 Å². The number of hydrogen-bond donors (Lipinski definition) is 2. The van der Waals surface area contributed by atoms with Crippen LogP contribution in [0.5, 0.6) is 17.2 Å². The SMILES string of the molecule is Cc1nccc(-c2ccc(CC(NC(=O)[C@@H]3Cc4cc5c(cc4CN3C(=O)N3CCCCC3)O[C@@H](c3ccc(OCc4ccc(Cl)c(Cl)c4)cc3)CO5)C(=O)O)cc2)c1C. The zero-order chi connectivity index (χ0) is 41.9. The van der Waals surface area contributed by atoms with Crippen molar-refractivity contribution in [3.8, 4) is 28.4 Å². The Balaban J connectivity index is 0.971. The van der Waals surface area contributed by atoms with E-state index in [0.717, 1.165) is 69.5 Å². The Morgan fingerprint density at radius 2 is 1.62 bits per heavy atom. The van der Waals surface area contributed by atoms with Crippen LogP contribution < -0.4 is 19.5 Å². The van der Waals surface area contributed by atoms with Crippen molar-refractivity contribution in [1.82, 2.24) is 20.1 Å². The van der Waals surface area contributed by atoms with Gasteiger partial charge in [0.1, 0.15) is 31.0 Å².